The molecule has 0 spiro atoms. The molecule has 0 bridgehead atoms. The van der Waals surface area contributed by atoms with E-state index in [2.05, 4.69) is 31.2 Å². The Balaban J connectivity index is 2.00. The molecule has 0 radical (unpaired) electrons. The Morgan fingerprint density at radius 1 is 1.29 bits per heavy atom. The lowest BCUT2D eigenvalue weighted by atomic mass is 9.75. The minimum absolute atomic E-state index is 0.0121. The second kappa shape index (κ2) is 6.25. The molecule has 0 heterocycles. The summed E-state index contributed by atoms with van der Waals surface area (Å²) in [7, 11) is 4.29. The average Bonchev–Trinajstić information content (AvgIpc) is 2.77. The van der Waals surface area contributed by atoms with Crippen LogP contribution in [-0.4, -0.2) is 43.0 Å². The zero-order valence-electron chi connectivity index (χ0n) is 14.2. The van der Waals surface area contributed by atoms with Gasteiger partial charge < -0.3 is 16.0 Å². The first-order chi connectivity index (χ1) is 9.80. The van der Waals surface area contributed by atoms with Crippen molar-refractivity contribution in [2.45, 2.75) is 70.4 Å². The third kappa shape index (κ3) is 3.26. The molecule has 4 nitrogen and oxygen atoms in total. The lowest BCUT2D eigenvalue weighted by Crippen LogP contribution is -2.57. The molecule has 1 amide bonds. The predicted molar refractivity (Wildman–Crippen MR) is 87.0 cm³/mol. The summed E-state index contributed by atoms with van der Waals surface area (Å²) in [5, 5.41) is 3.25. The molecule has 21 heavy (non-hydrogen) atoms. The number of likely N-dealkylation sites (N-methyl/N-ethyl adjacent to an activating group) is 1. The van der Waals surface area contributed by atoms with Crippen LogP contribution in [0.5, 0.6) is 0 Å². The molecule has 3 N–H and O–H groups in total. The van der Waals surface area contributed by atoms with Crippen LogP contribution in [0.25, 0.3) is 0 Å². The molecular weight excluding hydrogens is 262 g/mol. The fraction of sp³-hybridized carbons (Fsp3) is 0.941. The quantitative estimate of drug-likeness (QED) is 0.835. The molecule has 2 aliphatic carbocycles. The van der Waals surface area contributed by atoms with Gasteiger partial charge >= 0.3 is 0 Å². The molecular formula is C17H33N3O. The standard InChI is InChI=1S/C17H33N3O/c1-13-7-5-10-17(11-13,20(3)4)12-19-15(21)16(2)9-6-8-14(16)18/h13-14H,5-12,18H2,1-4H3,(H,19,21). The largest absolute Gasteiger partial charge is 0.354 e. The fourth-order valence-corrected chi connectivity index (χ4v) is 4.28. The van der Waals surface area contributed by atoms with Crippen LogP contribution in [0.4, 0.5) is 0 Å². The van der Waals surface area contributed by atoms with Crippen molar-refractivity contribution in [1.29, 1.82) is 0 Å². The Hall–Kier alpha value is -0.610. The van der Waals surface area contributed by atoms with Crippen LogP contribution in [0.2, 0.25) is 0 Å². The maximum atomic E-state index is 12.7. The van der Waals surface area contributed by atoms with Gasteiger partial charge in [0, 0.05) is 18.1 Å². The van der Waals surface area contributed by atoms with E-state index in [1.807, 2.05) is 6.92 Å². The van der Waals surface area contributed by atoms with Crippen LogP contribution < -0.4 is 11.1 Å². The minimum Gasteiger partial charge on any atom is -0.354 e. The number of nitrogens with one attached hydrogen (secondary N) is 1. The summed E-state index contributed by atoms with van der Waals surface area (Å²) < 4.78 is 0. The second-order valence-electron chi connectivity index (χ2n) is 7.92. The first-order valence-corrected chi connectivity index (χ1v) is 8.51. The zero-order chi connectivity index (χ0) is 15.7. The van der Waals surface area contributed by atoms with Crippen molar-refractivity contribution in [3.05, 3.63) is 0 Å². The van der Waals surface area contributed by atoms with Crippen LogP contribution >= 0.6 is 0 Å². The number of amides is 1. The van der Waals surface area contributed by atoms with Crippen molar-refractivity contribution in [1.82, 2.24) is 10.2 Å². The van der Waals surface area contributed by atoms with Gasteiger partial charge in [-0.1, -0.05) is 26.2 Å². The first kappa shape index (κ1) is 16.8. The van der Waals surface area contributed by atoms with Crippen molar-refractivity contribution in [3.8, 4) is 0 Å². The summed E-state index contributed by atoms with van der Waals surface area (Å²) in [6, 6.07) is 0.0121. The fourth-order valence-electron chi connectivity index (χ4n) is 4.28. The lowest BCUT2D eigenvalue weighted by molar-refractivity contribution is -0.131. The molecule has 2 saturated carbocycles. The van der Waals surface area contributed by atoms with Crippen molar-refractivity contribution in [3.63, 3.8) is 0 Å². The van der Waals surface area contributed by atoms with Crippen molar-refractivity contribution >= 4 is 5.91 Å². The number of hydrogen-bond acceptors (Lipinski definition) is 3. The third-order valence-electron chi connectivity index (χ3n) is 6.14. The van der Waals surface area contributed by atoms with Gasteiger partial charge in [-0.05, 0) is 52.6 Å². The van der Waals surface area contributed by atoms with E-state index in [1.54, 1.807) is 0 Å². The Labute approximate surface area is 129 Å². The maximum absolute atomic E-state index is 12.7. The van der Waals surface area contributed by atoms with Gasteiger partial charge in [0.1, 0.15) is 0 Å². The van der Waals surface area contributed by atoms with Crippen molar-refractivity contribution in [2.24, 2.45) is 17.1 Å². The summed E-state index contributed by atoms with van der Waals surface area (Å²) in [6.45, 7) is 5.12. The van der Waals surface area contributed by atoms with E-state index in [0.717, 1.165) is 31.7 Å². The summed E-state index contributed by atoms with van der Waals surface area (Å²) in [4.78, 5) is 15.0. The second-order valence-corrected chi connectivity index (χ2v) is 7.92. The summed E-state index contributed by atoms with van der Waals surface area (Å²) in [5.74, 6) is 0.898. The molecule has 4 heteroatoms. The van der Waals surface area contributed by atoms with Crippen molar-refractivity contribution in [2.75, 3.05) is 20.6 Å². The molecule has 0 aromatic carbocycles. The van der Waals surface area contributed by atoms with E-state index in [4.69, 9.17) is 5.73 Å². The molecule has 2 fully saturated rings. The monoisotopic (exact) mass is 295 g/mol. The van der Waals surface area contributed by atoms with Gasteiger partial charge in [0.2, 0.25) is 5.91 Å². The van der Waals surface area contributed by atoms with Crippen LogP contribution in [-0.2, 0) is 4.79 Å². The van der Waals surface area contributed by atoms with Gasteiger partial charge in [-0.3, -0.25) is 4.79 Å². The Morgan fingerprint density at radius 3 is 2.48 bits per heavy atom. The third-order valence-corrected chi connectivity index (χ3v) is 6.14. The van der Waals surface area contributed by atoms with E-state index in [-0.39, 0.29) is 22.9 Å². The van der Waals surface area contributed by atoms with Crippen LogP contribution in [0.1, 0.15) is 58.8 Å². The summed E-state index contributed by atoms with van der Waals surface area (Å²) >= 11 is 0. The van der Waals surface area contributed by atoms with Gasteiger partial charge in [0.25, 0.3) is 0 Å². The topological polar surface area (TPSA) is 58.4 Å². The molecule has 4 atom stereocenters. The Kier molecular flexibility index (Phi) is 4.99. The number of carbonyl (C=O) groups excluding carboxylic acids is 1. The van der Waals surface area contributed by atoms with Crippen molar-refractivity contribution < 1.29 is 4.79 Å². The maximum Gasteiger partial charge on any atom is 0.227 e. The molecule has 4 unspecified atom stereocenters. The van der Waals surface area contributed by atoms with Gasteiger partial charge in [0.05, 0.1) is 5.41 Å². The molecule has 2 aliphatic rings. The summed E-state index contributed by atoms with van der Waals surface area (Å²) in [5.41, 5.74) is 5.92. The smallest absolute Gasteiger partial charge is 0.227 e. The Bertz CT molecular complexity index is 384. The van der Waals surface area contributed by atoms with Crippen LogP contribution in [0, 0.1) is 11.3 Å². The molecule has 122 valence electrons. The average molecular weight is 295 g/mol. The van der Waals surface area contributed by atoms with Gasteiger partial charge in [-0.2, -0.15) is 0 Å². The zero-order valence-corrected chi connectivity index (χ0v) is 14.2. The van der Waals surface area contributed by atoms with Gasteiger partial charge in [-0.25, -0.2) is 0 Å². The number of nitrogens with zero attached hydrogens (tertiary/aromatic N) is 1. The van der Waals surface area contributed by atoms with E-state index >= 15 is 0 Å². The van der Waals surface area contributed by atoms with E-state index in [1.165, 1.54) is 25.7 Å². The highest BCUT2D eigenvalue weighted by Crippen LogP contribution is 2.38. The first-order valence-electron chi connectivity index (χ1n) is 8.51. The SMILES string of the molecule is CC1CCCC(CNC(=O)C2(C)CCCC2N)(N(C)C)C1. The molecule has 0 aromatic heterocycles. The Morgan fingerprint density at radius 2 is 1.95 bits per heavy atom. The van der Waals surface area contributed by atoms with Gasteiger partial charge in [-0.15, -0.1) is 0 Å². The number of hydrogen-bond donors (Lipinski definition) is 2. The van der Waals surface area contributed by atoms with Gasteiger partial charge in [0.15, 0.2) is 0 Å². The predicted octanol–water partition coefficient (Wildman–Crippen LogP) is 2.13. The summed E-state index contributed by atoms with van der Waals surface area (Å²) in [6.07, 6.45) is 7.88. The van der Waals surface area contributed by atoms with Crippen LogP contribution in [0.15, 0.2) is 0 Å². The van der Waals surface area contributed by atoms with Crippen LogP contribution in [0.3, 0.4) is 0 Å². The molecule has 0 aromatic rings. The minimum atomic E-state index is -0.367. The normalized spacial score (nSPS) is 40.5. The van der Waals surface area contributed by atoms with E-state index < -0.39 is 0 Å². The number of carbonyl (C=O) groups is 1. The highest BCUT2D eigenvalue weighted by atomic mass is 16.2. The highest BCUT2D eigenvalue weighted by Gasteiger charge is 2.44. The molecule has 0 saturated heterocycles. The van der Waals surface area contributed by atoms with E-state index in [0.29, 0.717) is 0 Å². The molecule has 2 rings (SSSR count). The highest BCUT2D eigenvalue weighted by molar-refractivity contribution is 5.83. The number of nitrogens with two attached hydrogens (primary N) is 1. The molecule has 0 aliphatic heterocycles. The van der Waals surface area contributed by atoms with E-state index in [9.17, 15) is 4.79 Å². The number of rotatable bonds is 4. The lowest BCUT2D eigenvalue weighted by Gasteiger charge is -2.46.